The summed E-state index contributed by atoms with van der Waals surface area (Å²) < 4.78 is 18.9. The van der Waals surface area contributed by atoms with Crippen molar-refractivity contribution in [2.45, 2.75) is 25.8 Å². The van der Waals surface area contributed by atoms with Gasteiger partial charge >= 0.3 is 5.97 Å². The monoisotopic (exact) mass is 426 g/mol. The summed E-state index contributed by atoms with van der Waals surface area (Å²) in [5, 5.41) is 0. The number of benzene rings is 2. The SMILES string of the molecule is COC(=O)CCn1c(=NC(=O)CCc2ccccc2)sc2cc3c(cc21)OCCO3. The molecule has 2 heterocycles. The van der Waals surface area contributed by atoms with Crippen molar-refractivity contribution in [3.8, 4) is 11.5 Å². The van der Waals surface area contributed by atoms with E-state index >= 15 is 0 Å². The molecule has 1 amide bonds. The summed E-state index contributed by atoms with van der Waals surface area (Å²) in [6, 6.07) is 13.6. The van der Waals surface area contributed by atoms with Crippen molar-refractivity contribution in [2.75, 3.05) is 20.3 Å². The predicted molar refractivity (Wildman–Crippen MR) is 113 cm³/mol. The van der Waals surface area contributed by atoms with Crippen LogP contribution in [0.5, 0.6) is 11.5 Å². The van der Waals surface area contributed by atoms with Gasteiger partial charge in [0.1, 0.15) is 13.2 Å². The maximum absolute atomic E-state index is 12.6. The van der Waals surface area contributed by atoms with Gasteiger partial charge in [-0.25, -0.2) is 0 Å². The van der Waals surface area contributed by atoms with Crippen LogP contribution in [0.4, 0.5) is 0 Å². The fourth-order valence-corrected chi connectivity index (χ4v) is 4.36. The van der Waals surface area contributed by atoms with Crippen molar-refractivity contribution in [1.29, 1.82) is 0 Å². The minimum Gasteiger partial charge on any atom is -0.486 e. The van der Waals surface area contributed by atoms with E-state index in [2.05, 4.69) is 4.99 Å². The van der Waals surface area contributed by atoms with Crippen LogP contribution in [0.25, 0.3) is 10.2 Å². The molecule has 1 aliphatic rings. The summed E-state index contributed by atoms with van der Waals surface area (Å²) in [5.41, 5.74) is 1.95. The second-order valence-electron chi connectivity index (χ2n) is 6.82. The Hall–Kier alpha value is -3.13. The Morgan fingerprint density at radius 1 is 1.10 bits per heavy atom. The van der Waals surface area contributed by atoms with Crippen LogP contribution >= 0.6 is 11.3 Å². The van der Waals surface area contributed by atoms with Crippen LogP contribution in [0.2, 0.25) is 0 Å². The Kier molecular flexibility index (Phi) is 6.13. The summed E-state index contributed by atoms with van der Waals surface area (Å²) >= 11 is 1.39. The van der Waals surface area contributed by atoms with Gasteiger partial charge in [0, 0.05) is 25.1 Å². The molecule has 1 aliphatic heterocycles. The van der Waals surface area contributed by atoms with E-state index in [1.54, 1.807) is 0 Å². The Morgan fingerprint density at radius 3 is 2.57 bits per heavy atom. The first-order valence-corrected chi connectivity index (χ1v) is 10.6. The molecule has 1 aromatic heterocycles. The first-order valence-electron chi connectivity index (χ1n) is 9.75. The van der Waals surface area contributed by atoms with Crippen molar-refractivity contribution >= 4 is 33.4 Å². The molecular formula is C22H22N2O5S. The van der Waals surface area contributed by atoms with Crippen molar-refractivity contribution in [1.82, 2.24) is 4.57 Å². The third-order valence-corrected chi connectivity index (χ3v) is 5.85. The molecule has 0 saturated heterocycles. The number of aromatic nitrogens is 1. The molecule has 0 atom stereocenters. The molecule has 0 radical (unpaired) electrons. The summed E-state index contributed by atoms with van der Waals surface area (Å²) in [5.74, 6) is 0.813. The molecular weight excluding hydrogens is 404 g/mol. The van der Waals surface area contributed by atoms with Gasteiger partial charge in [0.15, 0.2) is 16.3 Å². The van der Waals surface area contributed by atoms with Crippen LogP contribution in [-0.4, -0.2) is 36.8 Å². The highest BCUT2D eigenvalue weighted by molar-refractivity contribution is 7.16. The number of esters is 1. The fraction of sp³-hybridized carbons (Fsp3) is 0.318. The average Bonchev–Trinajstić information content (AvgIpc) is 3.10. The van der Waals surface area contributed by atoms with Gasteiger partial charge in [0.05, 0.1) is 23.7 Å². The predicted octanol–water partition coefficient (Wildman–Crippen LogP) is 3.10. The van der Waals surface area contributed by atoms with Crippen LogP contribution in [0.3, 0.4) is 0 Å². The first kappa shape index (κ1) is 20.2. The molecule has 3 aromatic rings. The number of amides is 1. The summed E-state index contributed by atoms with van der Waals surface area (Å²) in [4.78, 5) is 29.1. The molecule has 30 heavy (non-hydrogen) atoms. The quantitative estimate of drug-likeness (QED) is 0.566. The lowest BCUT2D eigenvalue weighted by Gasteiger charge is -2.18. The van der Waals surface area contributed by atoms with Crippen LogP contribution in [0.15, 0.2) is 47.5 Å². The van der Waals surface area contributed by atoms with E-state index in [1.165, 1.54) is 18.4 Å². The zero-order chi connectivity index (χ0) is 20.9. The number of rotatable bonds is 6. The third kappa shape index (κ3) is 4.54. The third-order valence-electron chi connectivity index (χ3n) is 4.80. The summed E-state index contributed by atoms with van der Waals surface area (Å²) in [7, 11) is 1.36. The van der Waals surface area contributed by atoms with E-state index in [0.29, 0.717) is 48.9 Å². The number of hydrogen-bond donors (Lipinski definition) is 0. The van der Waals surface area contributed by atoms with E-state index in [1.807, 2.05) is 47.0 Å². The highest BCUT2D eigenvalue weighted by Crippen LogP contribution is 2.35. The number of carbonyl (C=O) groups excluding carboxylic acids is 2. The Labute approximate surface area is 177 Å². The van der Waals surface area contributed by atoms with Crippen molar-refractivity contribution < 1.29 is 23.8 Å². The van der Waals surface area contributed by atoms with E-state index in [0.717, 1.165) is 15.8 Å². The van der Waals surface area contributed by atoms with Gasteiger partial charge in [-0.15, -0.1) is 0 Å². The van der Waals surface area contributed by atoms with Crippen LogP contribution in [0.1, 0.15) is 18.4 Å². The molecule has 0 saturated carbocycles. The lowest BCUT2D eigenvalue weighted by Crippen LogP contribution is -2.19. The van der Waals surface area contributed by atoms with Crippen molar-refractivity contribution in [3.05, 3.63) is 52.8 Å². The highest BCUT2D eigenvalue weighted by atomic mass is 32.1. The molecule has 8 heteroatoms. The number of carbonyl (C=O) groups is 2. The molecule has 0 bridgehead atoms. The van der Waals surface area contributed by atoms with Gasteiger partial charge in [-0.3, -0.25) is 9.59 Å². The lowest BCUT2D eigenvalue weighted by molar-refractivity contribution is -0.140. The molecule has 156 valence electrons. The van der Waals surface area contributed by atoms with Gasteiger partial charge in [0.2, 0.25) is 5.91 Å². The summed E-state index contributed by atoms with van der Waals surface area (Å²) in [6.45, 7) is 1.35. The minimum absolute atomic E-state index is 0.183. The second kappa shape index (κ2) is 9.13. The second-order valence-corrected chi connectivity index (χ2v) is 7.83. The van der Waals surface area contributed by atoms with Gasteiger partial charge in [-0.2, -0.15) is 4.99 Å². The topological polar surface area (TPSA) is 79.1 Å². The Balaban J connectivity index is 1.66. The molecule has 0 fully saturated rings. The van der Waals surface area contributed by atoms with Crippen molar-refractivity contribution in [3.63, 3.8) is 0 Å². The van der Waals surface area contributed by atoms with Crippen LogP contribution in [-0.2, 0) is 27.3 Å². The minimum atomic E-state index is -0.319. The summed E-state index contributed by atoms with van der Waals surface area (Å²) in [6.07, 6.45) is 1.13. The van der Waals surface area contributed by atoms with Crippen LogP contribution < -0.4 is 14.3 Å². The smallest absolute Gasteiger partial charge is 0.307 e. The number of ether oxygens (including phenoxy) is 3. The van der Waals surface area contributed by atoms with Crippen molar-refractivity contribution in [2.24, 2.45) is 4.99 Å². The van der Waals surface area contributed by atoms with Gasteiger partial charge < -0.3 is 18.8 Å². The fourth-order valence-electron chi connectivity index (χ4n) is 3.27. The Bertz CT molecular complexity index is 1130. The number of methoxy groups -OCH3 is 1. The molecule has 0 N–H and O–H groups in total. The number of nitrogens with zero attached hydrogens (tertiary/aromatic N) is 2. The lowest BCUT2D eigenvalue weighted by atomic mass is 10.1. The standard InChI is InChI=1S/C22H22N2O5S/c1-27-21(26)9-10-24-16-13-17-18(29-12-11-28-17)14-19(16)30-22(24)23-20(25)8-7-15-5-3-2-4-6-15/h2-6,13-14H,7-12H2,1H3. The molecule has 0 aliphatic carbocycles. The zero-order valence-corrected chi connectivity index (χ0v) is 17.4. The number of fused-ring (bicyclic) bond motifs is 2. The molecule has 7 nitrogen and oxygen atoms in total. The molecule has 2 aromatic carbocycles. The van der Waals surface area contributed by atoms with E-state index in [-0.39, 0.29) is 18.3 Å². The Morgan fingerprint density at radius 2 is 1.83 bits per heavy atom. The normalized spacial score (nSPS) is 13.4. The van der Waals surface area contributed by atoms with Gasteiger partial charge in [-0.05, 0) is 12.0 Å². The maximum Gasteiger partial charge on any atom is 0.307 e. The van der Waals surface area contributed by atoms with Gasteiger partial charge in [-0.1, -0.05) is 41.7 Å². The van der Waals surface area contributed by atoms with E-state index in [9.17, 15) is 9.59 Å². The van der Waals surface area contributed by atoms with Crippen LogP contribution in [0, 0.1) is 0 Å². The molecule has 0 spiro atoms. The number of hydrogen-bond acceptors (Lipinski definition) is 6. The molecule has 0 unspecified atom stereocenters. The maximum atomic E-state index is 12.6. The number of thiazole rings is 1. The highest BCUT2D eigenvalue weighted by Gasteiger charge is 2.17. The first-order chi connectivity index (χ1) is 14.6. The van der Waals surface area contributed by atoms with Gasteiger partial charge in [0.25, 0.3) is 0 Å². The zero-order valence-electron chi connectivity index (χ0n) is 16.6. The largest absolute Gasteiger partial charge is 0.486 e. The van der Waals surface area contributed by atoms with E-state index < -0.39 is 0 Å². The molecule has 4 rings (SSSR count). The number of aryl methyl sites for hydroxylation is 2. The van der Waals surface area contributed by atoms with E-state index in [4.69, 9.17) is 14.2 Å². The average molecular weight is 426 g/mol.